The molecule has 3 rings (SSSR count). The number of anilines is 1. The quantitative estimate of drug-likeness (QED) is 0.682. The van der Waals surface area contributed by atoms with Crippen LogP contribution in [-0.4, -0.2) is 20.8 Å². The van der Waals surface area contributed by atoms with Crippen molar-refractivity contribution in [1.82, 2.24) is 14.9 Å². The highest BCUT2D eigenvalue weighted by Gasteiger charge is 2.13. The maximum absolute atomic E-state index is 12.6. The fourth-order valence-electron chi connectivity index (χ4n) is 2.71. The monoisotopic (exact) mass is 368 g/mol. The van der Waals surface area contributed by atoms with Gasteiger partial charge in [0.1, 0.15) is 23.9 Å². The molecule has 1 amide bonds. The summed E-state index contributed by atoms with van der Waals surface area (Å²) < 4.78 is 12.7. The first-order valence-electron chi connectivity index (χ1n) is 8.92. The Balaban J connectivity index is 1.68. The molecule has 0 spiro atoms. The Labute approximate surface area is 158 Å². The van der Waals surface area contributed by atoms with Gasteiger partial charge in [-0.15, -0.1) is 0 Å². The molecule has 0 fully saturated rings. The first-order valence-corrected chi connectivity index (χ1v) is 8.92. The van der Waals surface area contributed by atoms with Crippen LogP contribution < -0.4 is 10.1 Å². The van der Waals surface area contributed by atoms with E-state index in [9.17, 15) is 4.79 Å². The number of aromatic nitrogens is 3. The highest BCUT2D eigenvalue weighted by atomic mass is 16.5. The zero-order valence-corrected chi connectivity index (χ0v) is 16.0. The van der Waals surface area contributed by atoms with Gasteiger partial charge in [0.2, 0.25) is 0 Å². The van der Waals surface area contributed by atoms with Gasteiger partial charge in [-0.2, -0.15) is 5.10 Å². The summed E-state index contributed by atoms with van der Waals surface area (Å²) in [6.07, 6.45) is 1.68. The molecule has 0 radical (unpaired) electrons. The summed E-state index contributed by atoms with van der Waals surface area (Å²) in [4.78, 5) is 12.6. The van der Waals surface area contributed by atoms with Gasteiger partial charge in [-0.3, -0.25) is 4.79 Å². The highest BCUT2D eigenvalue weighted by Crippen LogP contribution is 2.19. The number of carbonyl (C=O) groups is 1. The van der Waals surface area contributed by atoms with Gasteiger partial charge in [0, 0.05) is 18.2 Å². The SMILES string of the molecule is Cc1noc(C)c1COc1cccc(C(=O)Nc2ccnn2CC(C)C)c1. The molecule has 142 valence electrons. The van der Waals surface area contributed by atoms with Crippen LogP contribution in [0.4, 0.5) is 5.82 Å². The first kappa shape index (κ1) is 18.7. The third-order valence-corrected chi connectivity index (χ3v) is 4.16. The molecule has 2 aromatic heterocycles. The van der Waals surface area contributed by atoms with Gasteiger partial charge in [-0.1, -0.05) is 25.1 Å². The second-order valence-electron chi connectivity index (χ2n) is 6.87. The zero-order chi connectivity index (χ0) is 19.4. The van der Waals surface area contributed by atoms with Gasteiger partial charge >= 0.3 is 0 Å². The van der Waals surface area contributed by atoms with Gasteiger partial charge in [0.05, 0.1) is 17.5 Å². The van der Waals surface area contributed by atoms with Crippen molar-refractivity contribution in [2.75, 3.05) is 5.32 Å². The maximum Gasteiger partial charge on any atom is 0.256 e. The van der Waals surface area contributed by atoms with E-state index in [0.717, 1.165) is 23.6 Å². The zero-order valence-electron chi connectivity index (χ0n) is 16.0. The van der Waals surface area contributed by atoms with Crippen LogP contribution in [0.15, 0.2) is 41.1 Å². The van der Waals surface area contributed by atoms with Crippen LogP contribution >= 0.6 is 0 Å². The normalized spacial score (nSPS) is 11.0. The molecule has 27 heavy (non-hydrogen) atoms. The molecule has 1 aromatic carbocycles. The van der Waals surface area contributed by atoms with Crippen molar-refractivity contribution in [1.29, 1.82) is 0 Å². The summed E-state index contributed by atoms with van der Waals surface area (Å²) in [5, 5.41) is 11.1. The first-order chi connectivity index (χ1) is 12.9. The number of aryl methyl sites for hydroxylation is 2. The van der Waals surface area contributed by atoms with Gasteiger partial charge < -0.3 is 14.6 Å². The predicted molar refractivity (Wildman–Crippen MR) is 102 cm³/mol. The van der Waals surface area contributed by atoms with Crippen LogP contribution in [0.3, 0.4) is 0 Å². The smallest absolute Gasteiger partial charge is 0.256 e. The van der Waals surface area contributed by atoms with Crippen molar-refractivity contribution in [2.45, 2.75) is 40.8 Å². The lowest BCUT2D eigenvalue weighted by Gasteiger charge is -2.11. The lowest BCUT2D eigenvalue weighted by Crippen LogP contribution is -2.17. The van der Waals surface area contributed by atoms with Crippen LogP contribution in [0.1, 0.15) is 41.2 Å². The van der Waals surface area contributed by atoms with Crippen LogP contribution in [0, 0.1) is 19.8 Å². The van der Waals surface area contributed by atoms with Crippen LogP contribution in [0.25, 0.3) is 0 Å². The molecule has 0 aliphatic rings. The number of nitrogens with zero attached hydrogens (tertiary/aromatic N) is 3. The molecule has 0 saturated heterocycles. The molecule has 0 aliphatic carbocycles. The van der Waals surface area contributed by atoms with Crippen molar-refractivity contribution < 1.29 is 14.1 Å². The molecule has 0 atom stereocenters. The van der Waals surface area contributed by atoms with E-state index in [1.165, 1.54) is 0 Å². The molecular formula is C20H24N4O3. The van der Waals surface area contributed by atoms with E-state index in [0.29, 0.717) is 29.7 Å². The van der Waals surface area contributed by atoms with E-state index in [1.54, 1.807) is 35.1 Å². The summed E-state index contributed by atoms with van der Waals surface area (Å²) >= 11 is 0. The summed E-state index contributed by atoms with van der Waals surface area (Å²) in [7, 11) is 0. The van der Waals surface area contributed by atoms with Crippen molar-refractivity contribution in [3.05, 3.63) is 59.1 Å². The number of rotatable bonds is 7. The number of hydrogen-bond acceptors (Lipinski definition) is 5. The van der Waals surface area contributed by atoms with Gasteiger partial charge in [-0.05, 0) is 38.0 Å². The van der Waals surface area contributed by atoms with E-state index in [2.05, 4.69) is 29.4 Å². The fourth-order valence-corrected chi connectivity index (χ4v) is 2.71. The molecule has 3 aromatic rings. The number of hydrogen-bond donors (Lipinski definition) is 1. The Morgan fingerprint density at radius 1 is 1.30 bits per heavy atom. The molecule has 2 heterocycles. The van der Waals surface area contributed by atoms with Gasteiger partial charge in [0.25, 0.3) is 5.91 Å². The molecule has 7 heteroatoms. The summed E-state index contributed by atoms with van der Waals surface area (Å²) in [6.45, 7) is 9.01. The van der Waals surface area contributed by atoms with E-state index >= 15 is 0 Å². The summed E-state index contributed by atoms with van der Waals surface area (Å²) in [5.41, 5.74) is 2.24. The molecule has 0 aliphatic heterocycles. The second kappa shape index (κ2) is 8.07. The van der Waals surface area contributed by atoms with Crippen LogP contribution in [0.2, 0.25) is 0 Å². The van der Waals surface area contributed by atoms with Crippen LogP contribution in [-0.2, 0) is 13.2 Å². The standard InChI is InChI=1S/C20H24N4O3/c1-13(2)11-24-19(8-9-21-24)22-20(25)16-6-5-7-17(10-16)26-12-18-14(3)23-27-15(18)4/h5-10,13H,11-12H2,1-4H3,(H,22,25). The van der Waals surface area contributed by atoms with Crippen LogP contribution in [0.5, 0.6) is 5.75 Å². The summed E-state index contributed by atoms with van der Waals surface area (Å²) in [6, 6.07) is 8.87. The third-order valence-electron chi connectivity index (χ3n) is 4.16. The van der Waals surface area contributed by atoms with E-state index in [-0.39, 0.29) is 5.91 Å². The third kappa shape index (κ3) is 4.55. The fraction of sp³-hybridized carbons (Fsp3) is 0.350. The van der Waals surface area contributed by atoms with Crippen molar-refractivity contribution >= 4 is 11.7 Å². The number of nitrogens with one attached hydrogen (secondary N) is 1. The topological polar surface area (TPSA) is 82.2 Å². The molecular weight excluding hydrogens is 344 g/mol. The Hall–Kier alpha value is -3.09. The Bertz CT molecular complexity index is 907. The van der Waals surface area contributed by atoms with E-state index in [1.807, 2.05) is 19.9 Å². The number of amides is 1. The Kier molecular flexibility index (Phi) is 5.59. The molecule has 0 unspecified atom stereocenters. The average Bonchev–Trinajstić information content (AvgIpc) is 3.19. The van der Waals surface area contributed by atoms with Gasteiger partial charge in [-0.25, -0.2) is 4.68 Å². The van der Waals surface area contributed by atoms with E-state index in [4.69, 9.17) is 9.26 Å². The predicted octanol–water partition coefficient (Wildman–Crippen LogP) is 3.98. The highest BCUT2D eigenvalue weighted by molar-refractivity contribution is 6.04. The van der Waals surface area contributed by atoms with Crippen molar-refractivity contribution in [3.8, 4) is 5.75 Å². The van der Waals surface area contributed by atoms with Crippen molar-refractivity contribution in [2.24, 2.45) is 5.92 Å². The number of carbonyl (C=O) groups excluding carboxylic acids is 1. The van der Waals surface area contributed by atoms with Gasteiger partial charge in [0.15, 0.2) is 0 Å². The largest absolute Gasteiger partial charge is 0.489 e. The Morgan fingerprint density at radius 3 is 2.81 bits per heavy atom. The number of ether oxygens (including phenoxy) is 1. The molecule has 0 saturated carbocycles. The minimum absolute atomic E-state index is 0.205. The second-order valence-corrected chi connectivity index (χ2v) is 6.87. The average molecular weight is 368 g/mol. The molecule has 7 nitrogen and oxygen atoms in total. The molecule has 1 N–H and O–H groups in total. The van der Waals surface area contributed by atoms with E-state index < -0.39 is 0 Å². The minimum atomic E-state index is -0.205. The molecule has 0 bridgehead atoms. The minimum Gasteiger partial charge on any atom is -0.489 e. The lowest BCUT2D eigenvalue weighted by molar-refractivity contribution is 0.102. The van der Waals surface area contributed by atoms with Crippen molar-refractivity contribution in [3.63, 3.8) is 0 Å². The Morgan fingerprint density at radius 2 is 2.11 bits per heavy atom. The number of benzene rings is 1. The maximum atomic E-state index is 12.6. The lowest BCUT2D eigenvalue weighted by atomic mass is 10.2. The summed E-state index contributed by atoms with van der Waals surface area (Å²) in [5.74, 6) is 2.25.